The summed E-state index contributed by atoms with van der Waals surface area (Å²) in [7, 11) is 0. The van der Waals surface area contributed by atoms with Gasteiger partial charge >= 0.3 is 5.97 Å². The lowest BCUT2D eigenvalue weighted by Gasteiger charge is -2.25. The Morgan fingerprint density at radius 2 is 1.80 bits per heavy atom. The number of ether oxygens (including phenoxy) is 1. The molecular weight excluding hydrogens is 321 g/mol. The SMILES string of the molecule is CCOC(=O)CC1c2cc(C)c(C)cc2C(=O)N1c1ccc(F)cc1. The van der Waals surface area contributed by atoms with Gasteiger partial charge in [-0.15, -0.1) is 0 Å². The van der Waals surface area contributed by atoms with Gasteiger partial charge in [0.25, 0.3) is 5.91 Å². The van der Waals surface area contributed by atoms with Crippen LogP contribution in [0.5, 0.6) is 0 Å². The van der Waals surface area contributed by atoms with Gasteiger partial charge in [-0.1, -0.05) is 6.07 Å². The van der Waals surface area contributed by atoms with E-state index in [1.807, 2.05) is 26.0 Å². The highest BCUT2D eigenvalue weighted by Crippen LogP contribution is 2.40. The van der Waals surface area contributed by atoms with Crippen molar-refractivity contribution in [1.29, 1.82) is 0 Å². The van der Waals surface area contributed by atoms with Gasteiger partial charge < -0.3 is 9.64 Å². The number of fused-ring (bicyclic) bond motifs is 1. The Morgan fingerprint density at radius 1 is 1.16 bits per heavy atom. The van der Waals surface area contributed by atoms with Gasteiger partial charge in [-0.05, 0) is 67.8 Å². The van der Waals surface area contributed by atoms with Crippen LogP contribution in [-0.4, -0.2) is 18.5 Å². The van der Waals surface area contributed by atoms with Crippen molar-refractivity contribution in [3.05, 3.63) is 64.5 Å². The van der Waals surface area contributed by atoms with Crippen molar-refractivity contribution in [3.63, 3.8) is 0 Å². The quantitative estimate of drug-likeness (QED) is 0.787. The monoisotopic (exact) mass is 341 g/mol. The molecule has 1 heterocycles. The Balaban J connectivity index is 2.07. The zero-order chi connectivity index (χ0) is 18.1. The third-order valence-electron chi connectivity index (χ3n) is 4.56. The molecule has 0 N–H and O–H groups in total. The molecule has 1 amide bonds. The molecule has 0 aromatic heterocycles. The molecule has 0 spiro atoms. The summed E-state index contributed by atoms with van der Waals surface area (Å²) in [5, 5.41) is 0. The van der Waals surface area contributed by atoms with Crippen LogP contribution in [0.15, 0.2) is 36.4 Å². The molecular formula is C20H20FNO3. The summed E-state index contributed by atoms with van der Waals surface area (Å²) in [5.41, 5.74) is 4.03. The van der Waals surface area contributed by atoms with E-state index in [0.717, 1.165) is 16.7 Å². The van der Waals surface area contributed by atoms with Gasteiger partial charge in [0.15, 0.2) is 0 Å². The average Bonchev–Trinajstić information content (AvgIpc) is 2.81. The van der Waals surface area contributed by atoms with E-state index in [-0.39, 0.29) is 30.7 Å². The second-order valence-electron chi connectivity index (χ2n) is 6.20. The number of nitrogens with zero attached hydrogens (tertiary/aromatic N) is 1. The van der Waals surface area contributed by atoms with Crippen LogP contribution in [0.4, 0.5) is 10.1 Å². The van der Waals surface area contributed by atoms with Crippen LogP contribution in [-0.2, 0) is 9.53 Å². The minimum atomic E-state index is -0.452. The van der Waals surface area contributed by atoms with E-state index in [1.54, 1.807) is 24.0 Å². The number of anilines is 1. The number of hydrogen-bond donors (Lipinski definition) is 0. The molecule has 2 aromatic rings. The second-order valence-corrected chi connectivity index (χ2v) is 6.20. The Bertz CT molecular complexity index is 830. The Kier molecular flexibility index (Phi) is 4.57. The largest absolute Gasteiger partial charge is 0.466 e. The molecule has 0 bridgehead atoms. The molecule has 2 aromatic carbocycles. The van der Waals surface area contributed by atoms with Gasteiger partial charge in [0.05, 0.1) is 19.1 Å². The standard InChI is InChI=1S/C20H20FNO3/c1-4-25-19(23)11-18-16-9-12(2)13(3)10-17(16)20(24)22(18)15-7-5-14(21)6-8-15/h5-10,18H,4,11H2,1-3H3. The number of aryl methyl sites for hydroxylation is 2. The van der Waals surface area contributed by atoms with Crippen molar-refractivity contribution in [2.75, 3.05) is 11.5 Å². The summed E-state index contributed by atoms with van der Waals surface area (Å²) in [6.45, 7) is 5.96. The van der Waals surface area contributed by atoms with Crippen LogP contribution in [0.2, 0.25) is 0 Å². The van der Waals surface area contributed by atoms with Crippen LogP contribution in [0.25, 0.3) is 0 Å². The first-order valence-corrected chi connectivity index (χ1v) is 8.28. The first kappa shape index (κ1) is 17.1. The first-order valence-electron chi connectivity index (χ1n) is 8.28. The number of carbonyl (C=O) groups excluding carboxylic acids is 2. The molecule has 1 aliphatic rings. The fourth-order valence-electron chi connectivity index (χ4n) is 3.19. The minimum Gasteiger partial charge on any atom is -0.466 e. The van der Waals surface area contributed by atoms with E-state index in [2.05, 4.69) is 0 Å². The molecule has 0 radical (unpaired) electrons. The van der Waals surface area contributed by atoms with E-state index in [0.29, 0.717) is 11.3 Å². The van der Waals surface area contributed by atoms with Crippen LogP contribution >= 0.6 is 0 Å². The molecule has 25 heavy (non-hydrogen) atoms. The molecule has 0 saturated heterocycles. The third-order valence-corrected chi connectivity index (χ3v) is 4.56. The van der Waals surface area contributed by atoms with Crippen molar-refractivity contribution >= 4 is 17.6 Å². The molecule has 1 aliphatic heterocycles. The summed E-state index contributed by atoms with van der Waals surface area (Å²) < 4.78 is 18.3. The van der Waals surface area contributed by atoms with Crippen LogP contribution in [0.1, 0.15) is 46.4 Å². The second kappa shape index (κ2) is 6.67. The van der Waals surface area contributed by atoms with Crippen molar-refractivity contribution < 1.29 is 18.7 Å². The van der Waals surface area contributed by atoms with Crippen molar-refractivity contribution in [2.45, 2.75) is 33.2 Å². The highest BCUT2D eigenvalue weighted by atomic mass is 19.1. The average molecular weight is 341 g/mol. The lowest BCUT2D eigenvalue weighted by atomic mass is 9.96. The number of hydrogen-bond acceptors (Lipinski definition) is 3. The minimum absolute atomic E-state index is 0.0620. The lowest BCUT2D eigenvalue weighted by Crippen LogP contribution is -2.29. The van der Waals surface area contributed by atoms with E-state index < -0.39 is 6.04 Å². The topological polar surface area (TPSA) is 46.6 Å². The lowest BCUT2D eigenvalue weighted by molar-refractivity contribution is -0.143. The Labute approximate surface area is 146 Å². The fraction of sp³-hybridized carbons (Fsp3) is 0.300. The van der Waals surface area contributed by atoms with Crippen molar-refractivity contribution in [1.82, 2.24) is 0 Å². The number of amides is 1. The molecule has 130 valence electrons. The molecule has 1 atom stereocenters. The normalized spacial score (nSPS) is 16.1. The van der Waals surface area contributed by atoms with Gasteiger partial charge in [0.1, 0.15) is 5.82 Å². The van der Waals surface area contributed by atoms with Crippen molar-refractivity contribution in [2.24, 2.45) is 0 Å². The van der Waals surface area contributed by atoms with Gasteiger partial charge in [0, 0.05) is 11.3 Å². The zero-order valence-electron chi connectivity index (χ0n) is 14.5. The van der Waals surface area contributed by atoms with Gasteiger partial charge in [-0.3, -0.25) is 9.59 Å². The molecule has 0 saturated carbocycles. The van der Waals surface area contributed by atoms with Gasteiger partial charge in [0.2, 0.25) is 0 Å². The van der Waals surface area contributed by atoms with E-state index in [4.69, 9.17) is 4.74 Å². The summed E-state index contributed by atoms with van der Waals surface area (Å²) in [6, 6.07) is 9.08. The van der Waals surface area contributed by atoms with Gasteiger partial charge in [-0.2, -0.15) is 0 Å². The number of rotatable bonds is 4. The maximum absolute atomic E-state index is 13.3. The summed E-state index contributed by atoms with van der Waals surface area (Å²) in [5.74, 6) is -0.918. The van der Waals surface area contributed by atoms with Gasteiger partial charge in [-0.25, -0.2) is 4.39 Å². The highest BCUT2D eigenvalue weighted by molar-refractivity contribution is 6.11. The maximum atomic E-state index is 13.3. The van der Waals surface area contributed by atoms with Crippen molar-refractivity contribution in [3.8, 4) is 0 Å². The highest BCUT2D eigenvalue weighted by Gasteiger charge is 2.39. The first-order chi connectivity index (χ1) is 11.9. The van der Waals surface area contributed by atoms with E-state index >= 15 is 0 Å². The molecule has 5 heteroatoms. The zero-order valence-corrected chi connectivity index (χ0v) is 14.5. The Hall–Kier alpha value is -2.69. The third kappa shape index (κ3) is 3.14. The summed E-state index contributed by atoms with van der Waals surface area (Å²) >= 11 is 0. The molecule has 0 fully saturated rings. The predicted octanol–water partition coefficient (Wildman–Crippen LogP) is 4.10. The smallest absolute Gasteiger partial charge is 0.308 e. The Morgan fingerprint density at radius 3 is 2.44 bits per heavy atom. The molecule has 4 nitrogen and oxygen atoms in total. The summed E-state index contributed by atoms with van der Waals surface area (Å²) in [6.07, 6.45) is 0.0620. The molecule has 0 aliphatic carbocycles. The fourth-order valence-corrected chi connectivity index (χ4v) is 3.19. The van der Waals surface area contributed by atoms with Crippen LogP contribution in [0.3, 0.4) is 0 Å². The number of esters is 1. The maximum Gasteiger partial charge on any atom is 0.308 e. The van der Waals surface area contributed by atoms with E-state index in [1.165, 1.54) is 12.1 Å². The predicted molar refractivity (Wildman–Crippen MR) is 93.1 cm³/mol. The van der Waals surface area contributed by atoms with E-state index in [9.17, 15) is 14.0 Å². The van der Waals surface area contributed by atoms with Crippen LogP contribution in [0, 0.1) is 19.7 Å². The number of halogens is 1. The number of carbonyl (C=O) groups is 2. The number of benzene rings is 2. The molecule has 1 unspecified atom stereocenters. The molecule has 3 rings (SSSR count). The summed E-state index contributed by atoms with van der Waals surface area (Å²) in [4.78, 5) is 26.6. The van der Waals surface area contributed by atoms with Crippen LogP contribution < -0.4 is 4.90 Å².